The van der Waals surface area contributed by atoms with Crippen LogP contribution in [0.4, 0.5) is 13.2 Å². The SMILES string of the molecule is N#Cc1nc(Br)ccc1C(F)(F)F. The van der Waals surface area contributed by atoms with Gasteiger partial charge in [0.2, 0.25) is 0 Å². The third-order valence-corrected chi connectivity index (χ3v) is 1.71. The van der Waals surface area contributed by atoms with Crippen LogP contribution in [0.5, 0.6) is 0 Å². The van der Waals surface area contributed by atoms with Gasteiger partial charge in [-0.15, -0.1) is 0 Å². The molecule has 1 heterocycles. The van der Waals surface area contributed by atoms with Gasteiger partial charge in [-0.25, -0.2) is 4.98 Å². The van der Waals surface area contributed by atoms with Crippen molar-refractivity contribution < 1.29 is 13.2 Å². The third-order valence-electron chi connectivity index (χ3n) is 1.27. The fraction of sp³-hybridized carbons (Fsp3) is 0.143. The van der Waals surface area contributed by atoms with Crippen molar-refractivity contribution in [3.63, 3.8) is 0 Å². The summed E-state index contributed by atoms with van der Waals surface area (Å²) in [6.45, 7) is 0. The summed E-state index contributed by atoms with van der Waals surface area (Å²) in [5, 5.41) is 8.37. The normalized spacial score (nSPS) is 11.0. The fourth-order valence-electron chi connectivity index (χ4n) is 0.749. The summed E-state index contributed by atoms with van der Waals surface area (Å²) in [4.78, 5) is 3.39. The maximum atomic E-state index is 12.2. The van der Waals surface area contributed by atoms with E-state index in [1.165, 1.54) is 6.07 Å². The first kappa shape index (κ1) is 9.99. The van der Waals surface area contributed by atoms with Crippen LogP contribution in [0, 0.1) is 11.3 Å². The van der Waals surface area contributed by atoms with Crippen molar-refractivity contribution in [1.82, 2.24) is 4.98 Å². The molecule has 0 aromatic carbocycles. The van der Waals surface area contributed by atoms with Gasteiger partial charge in [0.05, 0.1) is 5.56 Å². The second-order valence-corrected chi connectivity index (χ2v) is 2.95. The molecule has 0 radical (unpaired) electrons. The molecule has 0 aliphatic heterocycles. The van der Waals surface area contributed by atoms with E-state index in [0.717, 1.165) is 12.1 Å². The molecule has 0 fully saturated rings. The van der Waals surface area contributed by atoms with E-state index in [-0.39, 0.29) is 4.60 Å². The highest BCUT2D eigenvalue weighted by Crippen LogP contribution is 2.31. The predicted molar refractivity (Wildman–Crippen MR) is 41.7 cm³/mol. The van der Waals surface area contributed by atoms with Gasteiger partial charge in [0, 0.05) is 0 Å². The molecule has 0 amide bonds. The second-order valence-electron chi connectivity index (χ2n) is 2.14. The van der Waals surface area contributed by atoms with Gasteiger partial charge < -0.3 is 0 Å². The Morgan fingerprint density at radius 1 is 1.38 bits per heavy atom. The van der Waals surface area contributed by atoms with Crippen LogP contribution in [-0.4, -0.2) is 4.98 Å². The molecule has 6 heteroatoms. The van der Waals surface area contributed by atoms with Gasteiger partial charge in [-0.1, -0.05) is 0 Å². The minimum absolute atomic E-state index is 0.206. The molecule has 0 spiro atoms. The molecule has 1 aromatic heterocycles. The number of pyridine rings is 1. The van der Waals surface area contributed by atoms with Crippen LogP contribution in [-0.2, 0) is 6.18 Å². The minimum atomic E-state index is -4.53. The lowest BCUT2D eigenvalue weighted by Crippen LogP contribution is -2.08. The summed E-state index contributed by atoms with van der Waals surface area (Å²) < 4.78 is 36.7. The van der Waals surface area contributed by atoms with E-state index in [1.54, 1.807) is 0 Å². The average Bonchev–Trinajstić information content (AvgIpc) is 2.01. The molecular formula is C7H2BrF3N2. The van der Waals surface area contributed by atoms with Gasteiger partial charge >= 0.3 is 6.18 Å². The van der Waals surface area contributed by atoms with Crippen molar-refractivity contribution in [3.05, 3.63) is 28.0 Å². The molecule has 68 valence electrons. The van der Waals surface area contributed by atoms with Crippen LogP contribution in [0.15, 0.2) is 16.7 Å². The van der Waals surface area contributed by atoms with Gasteiger partial charge in [-0.3, -0.25) is 0 Å². The zero-order valence-electron chi connectivity index (χ0n) is 6.06. The molecular weight excluding hydrogens is 249 g/mol. The van der Waals surface area contributed by atoms with Crippen molar-refractivity contribution in [3.8, 4) is 6.07 Å². The molecule has 0 bridgehead atoms. The molecule has 0 N–H and O–H groups in total. The summed E-state index contributed by atoms with van der Waals surface area (Å²) in [6.07, 6.45) is -4.53. The van der Waals surface area contributed by atoms with E-state index in [9.17, 15) is 13.2 Å². The zero-order valence-corrected chi connectivity index (χ0v) is 7.65. The Morgan fingerprint density at radius 2 is 2.00 bits per heavy atom. The third kappa shape index (κ3) is 2.18. The first-order valence-electron chi connectivity index (χ1n) is 3.09. The molecule has 0 unspecified atom stereocenters. The molecule has 1 aromatic rings. The van der Waals surface area contributed by atoms with Gasteiger partial charge in [0.1, 0.15) is 10.7 Å². The molecule has 0 aliphatic rings. The highest BCUT2D eigenvalue weighted by molar-refractivity contribution is 9.10. The predicted octanol–water partition coefficient (Wildman–Crippen LogP) is 2.73. The number of aromatic nitrogens is 1. The summed E-state index contributed by atoms with van der Waals surface area (Å²) in [6, 6.07) is 3.34. The van der Waals surface area contributed by atoms with Crippen molar-refractivity contribution >= 4 is 15.9 Å². The van der Waals surface area contributed by atoms with E-state index < -0.39 is 17.4 Å². The van der Waals surface area contributed by atoms with E-state index in [0.29, 0.717) is 0 Å². The number of nitriles is 1. The van der Waals surface area contributed by atoms with Gasteiger partial charge in [-0.05, 0) is 28.1 Å². The van der Waals surface area contributed by atoms with E-state index >= 15 is 0 Å². The summed E-state index contributed by atoms with van der Waals surface area (Å²) in [5.41, 5.74) is -1.64. The summed E-state index contributed by atoms with van der Waals surface area (Å²) in [7, 11) is 0. The van der Waals surface area contributed by atoms with Crippen LogP contribution < -0.4 is 0 Å². The van der Waals surface area contributed by atoms with Crippen molar-refractivity contribution in [2.24, 2.45) is 0 Å². The molecule has 0 atom stereocenters. The highest BCUT2D eigenvalue weighted by Gasteiger charge is 2.34. The van der Waals surface area contributed by atoms with Gasteiger partial charge in [0.15, 0.2) is 5.69 Å². The monoisotopic (exact) mass is 250 g/mol. The summed E-state index contributed by atoms with van der Waals surface area (Å²) in [5.74, 6) is 0. The second kappa shape index (κ2) is 3.34. The lowest BCUT2D eigenvalue weighted by molar-refractivity contribution is -0.138. The Hall–Kier alpha value is -1.09. The molecule has 2 nitrogen and oxygen atoms in total. The average molecular weight is 251 g/mol. The first-order valence-corrected chi connectivity index (χ1v) is 3.88. The van der Waals surface area contributed by atoms with Gasteiger partial charge in [0.25, 0.3) is 0 Å². The number of rotatable bonds is 0. The topological polar surface area (TPSA) is 36.7 Å². The molecule has 0 aliphatic carbocycles. The Labute approximate surface area is 80.1 Å². The van der Waals surface area contributed by atoms with Crippen LogP contribution in [0.2, 0.25) is 0 Å². The number of nitrogens with zero attached hydrogens (tertiary/aromatic N) is 2. The molecule has 0 saturated heterocycles. The smallest absolute Gasteiger partial charge is 0.230 e. The largest absolute Gasteiger partial charge is 0.419 e. The van der Waals surface area contributed by atoms with Crippen LogP contribution in [0.3, 0.4) is 0 Å². The zero-order chi connectivity index (χ0) is 10.1. The maximum absolute atomic E-state index is 12.2. The van der Waals surface area contributed by atoms with Crippen molar-refractivity contribution in [2.75, 3.05) is 0 Å². The first-order chi connectivity index (χ1) is 5.95. The van der Waals surface area contributed by atoms with Gasteiger partial charge in [-0.2, -0.15) is 18.4 Å². The van der Waals surface area contributed by atoms with E-state index in [1.807, 2.05) is 0 Å². The maximum Gasteiger partial charge on any atom is 0.419 e. The minimum Gasteiger partial charge on any atom is -0.230 e. The Morgan fingerprint density at radius 3 is 2.46 bits per heavy atom. The number of hydrogen-bond acceptors (Lipinski definition) is 2. The van der Waals surface area contributed by atoms with E-state index in [4.69, 9.17) is 5.26 Å². The Balaban J connectivity index is 3.32. The fourth-order valence-corrected chi connectivity index (χ4v) is 1.06. The Kier molecular flexibility index (Phi) is 2.57. The number of alkyl halides is 3. The van der Waals surface area contributed by atoms with Crippen LogP contribution in [0.1, 0.15) is 11.3 Å². The van der Waals surface area contributed by atoms with Crippen molar-refractivity contribution in [2.45, 2.75) is 6.18 Å². The quantitative estimate of drug-likeness (QED) is 0.664. The number of halogens is 4. The molecule has 13 heavy (non-hydrogen) atoms. The highest BCUT2D eigenvalue weighted by atomic mass is 79.9. The lowest BCUT2D eigenvalue weighted by Gasteiger charge is -2.06. The summed E-state index contributed by atoms with van der Waals surface area (Å²) >= 11 is 2.87. The lowest BCUT2D eigenvalue weighted by atomic mass is 10.2. The van der Waals surface area contributed by atoms with Crippen molar-refractivity contribution in [1.29, 1.82) is 5.26 Å². The Bertz CT molecular complexity index is 367. The van der Waals surface area contributed by atoms with Crippen LogP contribution >= 0.6 is 15.9 Å². The number of hydrogen-bond donors (Lipinski definition) is 0. The standard InChI is InChI=1S/C7H2BrF3N2/c8-6-2-1-4(7(9,10)11)5(3-12)13-6/h1-2H. The molecule has 1 rings (SSSR count). The van der Waals surface area contributed by atoms with Crippen LogP contribution in [0.25, 0.3) is 0 Å². The van der Waals surface area contributed by atoms with E-state index in [2.05, 4.69) is 20.9 Å². The molecule has 0 saturated carbocycles.